The van der Waals surface area contributed by atoms with Crippen LogP contribution in [0.15, 0.2) is 48.5 Å². The van der Waals surface area contributed by atoms with Gasteiger partial charge >= 0.3 is 5.97 Å². The Morgan fingerprint density at radius 1 is 1.03 bits per heavy atom. The molecule has 1 aliphatic heterocycles. The first-order chi connectivity index (χ1) is 15.4. The lowest BCUT2D eigenvalue weighted by Gasteiger charge is -2.16. The van der Waals surface area contributed by atoms with Crippen LogP contribution in [0.4, 0.5) is 5.69 Å². The number of aryl methyl sites for hydroxylation is 2. The molecule has 2 amide bonds. The van der Waals surface area contributed by atoms with Gasteiger partial charge in [-0.15, -0.1) is 11.3 Å². The lowest BCUT2D eigenvalue weighted by Crippen LogP contribution is -2.35. The van der Waals surface area contributed by atoms with Crippen molar-refractivity contribution in [1.29, 1.82) is 0 Å². The highest BCUT2D eigenvalue weighted by Crippen LogP contribution is 2.42. The van der Waals surface area contributed by atoms with Crippen molar-refractivity contribution in [3.8, 4) is 16.2 Å². The third-order valence-corrected chi connectivity index (χ3v) is 6.24. The molecule has 0 aliphatic carbocycles. The van der Waals surface area contributed by atoms with Crippen molar-refractivity contribution in [1.82, 2.24) is 5.32 Å². The van der Waals surface area contributed by atoms with Crippen molar-refractivity contribution in [3.63, 3.8) is 0 Å². The maximum atomic E-state index is 12.4. The molecule has 2 heterocycles. The van der Waals surface area contributed by atoms with Crippen LogP contribution in [0.3, 0.4) is 0 Å². The first-order valence-electron chi connectivity index (χ1n) is 10.1. The summed E-state index contributed by atoms with van der Waals surface area (Å²) in [5.74, 6) is -0.714. The van der Waals surface area contributed by atoms with Gasteiger partial charge in [0.05, 0.1) is 6.54 Å². The Bertz CT molecular complexity index is 1180. The number of para-hydroxylation sites is 2. The summed E-state index contributed by atoms with van der Waals surface area (Å²) in [7, 11) is 0. The predicted octanol–water partition coefficient (Wildman–Crippen LogP) is 3.84. The van der Waals surface area contributed by atoms with Gasteiger partial charge in [-0.25, -0.2) is 4.79 Å². The van der Waals surface area contributed by atoms with E-state index in [-0.39, 0.29) is 12.5 Å². The highest BCUT2D eigenvalue weighted by atomic mass is 32.1. The van der Waals surface area contributed by atoms with E-state index in [0.29, 0.717) is 11.5 Å². The first kappa shape index (κ1) is 21.6. The SMILES string of the molecule is Cc1cccc(C)c1NC(=O)CNC(=O)COC(=O)c1cc2c(s1)-c1ccccc1OC2. The third-order valence-electron chi connectivity index (χ3n) is 5.05. The van der Waals surface area contributed by atoms with E-state index in [9.17, 15) is 14.4 Å². The van der Waals surface area contributed by atoms with E-state index >= 15 is 0 Å². The molecule has 0 radical (unpaired) electrons. The molecule has 0 saturated carbocycles. The Morgan fingerprint density at radius 3 is 2.56 bits per heavy atom. The van der Waals surface area contributed by atoms with Crippen LogP contribution in [0.5, 0.6) is 5.75 Å². The molecule has 0 unspecified atom stereocenters. The van der Waals surface area contributed by atoms with Crippen LogP contribution in [0, 0.1) is 13.8 Å². The van der Waals surface area contributed by atoms with Crippen LogP contribution in [-0.2, 0) is 20.9 Å². The summed E-state index contributed by atoms with van der Waals surface area (Å²) >= 11 is 1.31. The van der Waals surface area contributed by atoms with Crippen LogP contribution < -0.4 is 15.4 Å². The number of thiophene rings is 1. The molecule has 164 valence electrons. The third kappa shape index (κ3) is 4.65. The van der Waals surface area contributed by atoms with Crippen LogP contribution in [0.1, 0.15) is 26.4 Å². The molecule has 32 heavy (non-hydrogen) atoms. The molecule has 0 saturated heterocycles. The van der Waals surface area contributed by atoms with Gasteiger partial charge in [-0.1, -0.05) is 30.3 Å². The molecule has 0 atom stereocenters. The number of carbonyl (C=O) groups is 3. The number of rotatable bonds is 6. The molecule has 0 fully saturated rings. The topological polar surface area (TPSA) is 93.7 Å². The second kappa shape index (κ2) is 9.23. The number of amides is 2. The quantitative estimate of drug-likeness (QED) is 0.557. The lowest BCUT2D eigenvalue weighted by atomic mass is 10.1. The maximum Gasteiger partial charge on any atom is 0.348 e. The largest absolute Gasteiger partial charge is 0.488 e. The smallest absolute Gasteiger partial charge is 0.348 e. The molecule has 8 heteroatoms. The van der Waals surface area contributed by atoms with E-state index < -0.39 is 18.5 Å². The number of carbonyl (C=O) groups excluding carboxylic acids is 3. The van der Waals surface area contributed by atoms with Crippen molar-refractivity contribution in [2.45, 2.75) is 20.5 Å². The summed E-state index contributed by atoms with van der Waals surface area (Å²) < 4.78 is 10.8. The van der Waals surface area contributed by atoms with Gasteiger partial charge in [0.2, 0.25) is 5.91 Å². The summed E-state index contributed by atoms with van der Waals surface area (Å²) in [4.78, 5) is 38.0. The average Bonchev–Trinajstić information content (AvgIpc) is 3.24. The first-order valence-corrected chi connectivity index (χ1v) is 10.9. The van der Waals surface area contributed by atoms with E-state index in [2.05, 4.69) is 10.6 Å². The zero-order valence-electron chi connectivity index (χ0n) is 17.7. The zero-order valence-corrected chi connectivity index (χ0v) is 18.5. The van der Waals surface area contributed by atoms with Crippen LogP contribution in [-0.4, -0.2) is 30.9 Å². The minimum absolute atomic E-state index is 0.217. The number of ether oxygens (including phenoxy) is 2. The molecule has 7 nitrogen and oxygen atoms in total. The molecule has 3 aromatic rings. The second-order valence-electron chi connectivity index (χ2n) is 7.42. The average molecular weight is 451 g/mol. The molecule has 2 aromatic carbocycles. The number of nitrogens with one attached hydrogen (secondary N) is 2. The van der Waals surface area contributed by atoms with E-state index in [1.54, 1.807) is 6.07 Å². The van der Waals surface area contributed by atoms with Crippen LogP contribution >= 0.6 is 11.3 Å². The summed E-state index contributed by atoms with van der Waals surface area (Å²) in [6.45, 7) is 3.49. The summed E-state index contributed by atoms with van der Waals surface area (Å²) in [6.07, 6.45) is 0. The normalized spacial score (nSPS) is 11.6. The van der Waals surface area contributed by atoms with Crippen molar-refractivity contribution in [3.05, 3.63) is 70.1 Å². The van der Waals surface area contributed by atoms with Crippen LogP contribution in [0.25, 0.3) is 10.4 Å². The molecule has 4 rings (SSSR count). The molecule has 0 spiro atoms. The van der Waals surface area contributed by atoms with Gasteiger partial charge in [0.15, 0.2) is 6.61 Å². The molecular weight excluding hydrogens is 428 g/mol. The summed E-state index contributed by atoms with van der Waals surface area (Å²) in [6, 6.07) is 15.1. The van der Waals surface area contributed by atoms with Gasteiger partial charge in [-0.3, -0.25) is 9.59 Å². The van der Waals surface area contributed by atoms with Crippen molar-refractivity contribution in [2.24, 2.45) is 0 Å². The standard InChI is InChI=1S/C24H22N2O5S/c1-14-6-5-7-15(2)22(14)26-20(27)11-25-21(28)13-31-24(29)19-10-16-12-30-18-9-4-3-8-17(18)23(16)32-19/h3-10H,11-13H2,1-2H3,(H,25,28)(H,26,27). The summed E-state index contributed by atoms with van der Waals surface area (Å²) in [5.41, 5.74) is 4.44. The lowest BCUT2D eigenvalue weighted by molar-refractivity contribution is -0.126. The monoisotopic (exact) mass is 450 g/mol. The number of fused-ring (bicyclic) bond motifs is 3. The van der Waals surface area contributed by atoms with E-state index in [1.165, 1.54) is 11.3 Å². The predicted molar refractivity (Wildman–Crippen MR) is 122 cm³/mol. The van der Waals surface area contributed by atoms with Crippen molar-refractivity contribution < 1.29 is 23.9 Å². The number of benzene rings is 2. The Hall–Kier alpha value is -3.65. The van der Waals surface area contributed by atoms with Crippen LogP contribution in [0.2, 0.25) is 0 Å². The van der Waals surface area contributed by atoms with Gasteiger partial charge in [0.25, 0.3) is 5.91 Å². The fourth-order valence-electron chi connectivity index (χ4n) is 3.43. The summed E-state index contributed by atoms with van der Waals surface area (Å²) in [5, 5.41) is 5.25. The Balaban J connectivity index is 1.28. The number of anilines is 1. The van der Waals surface area contributed by atoms with Gasteiger partial charge in [-0.2, -0.15) is 0 Å². The molecule has 0 bridgehead atoms. The number of hydrogen-bond donors (Lipinski definition) is 2. The molecule has 1 aromatic heterocycles. The Kier molecular flexibility index (Phi) is 6.23. The Labute approximate surface area is 189 Å². The van der Waals surface area contributed by atoms with Gasteiger partial charge in [0, 0.05) is 21.7 Å². The van der Waals surface area contributed by atoms with Gasteiger partial charge in [-0.05, 0) is 43.2 Å². The second-order valence-corrected chi connectivity index (χ2v) is 8.47. The van der Waals surface area contributed by atoms with Crippen molar-refractivity contribution in [2.75, 3.05) is 18.5 Å². The molecule has 1 aliphatic rings. The van der Waals surface area contributed by atoms with Gasteiger partial charge in [0.1, 0.15) is 17.2 Å². The molecular formula is C24H22N2O5S. The maximum absolute atomic E-state index is 12.4. The van der Waals surface area contributed by atoms with E-state index in [0.717, 1.165) is 38.6 Å². The molecule has 2 N–H and O–H groups in total. The zero-order chi connectivity index (χ0) is 22.7. The fourth-order valence-corrected chi connectivity index (χ4v) is 4.52. The van der Waals surface area contributed by atoms with Crippen molar-refractivity contribution >= 4 is 34.8 Å². The highest BCUT2D eigenvalue weighted by molar-refractivity contribution is 7.17. The Morgan fingerprint density at radius 2 is 1.78 bits per heavy atom. The highest BCUT2D eigenvalue weighted by Gasteiger charge is 2.23. The van der Waals surface area contributed by atoms with Gasteiger partial charge < -0.3 is 20.1 Å². The fraction of sp³-hybridized carbons (Fsp3) is 0.208. The van der Waals surface area contributed by atoms with E-state index in [1.807, 2.05) is 56.3 Å². The number of esters is 1. The minimum Gasteiger partial charge on any atom is -0.488 e. The van der Waals surface area contributed by atoms with E-state index in [4.69, 9.17) is 9.47 Å². The number of hydrogen-bond acceptors (Lipinski definition) is 6. The minimum atomic E-state index is -0.586.